The van der Waals surface area contributed by atoms with Gasteiger partial charge in [-0.2, -0.15) is 0 Å². The Hall–Kier alpha value is -6.18. The summed E-state index contributed by atoms with van der Waals surface area (Å²) < 4.78 is 30.3. The number of aryl methyl sites for hydroxylation is 4. The molecule has 2 aliphatic carbocycles. The number of nitrogens with one attached hydrogen (secondary N) is 2. The van der Waals surface area contributed by atoms with E-state index in [9.17, 15) is 28.0 Å². The van der Waals surface area contributed by atoms with Crippen LogP contribution in [0.4, 0.5) is 20.4 Å². The zero-order valence-corrected chi connectivity index (χ0v) is 28.8. The van der Waals surface area contributed by atoms with Crippen molar-refractivity contribution in [3.8, 4) is 22.3 Å². The second kappa shape index (κ2) is 13.4. The molecular formula is C39H34F2N8O4. The van der Waals surface area contributed by atoms with Crippen LogP contribution in [0, 0.1) is 18.8 Å². The molecule has 2 N–H and O–H groups in total. The number of hydrogen-bond acceptors (Lipinski definition) is 8. The lowest BCUT2D eigenvalue weighted by Gasteiger charge is -2.17. The summed E-state index contributed by atoms with van der Waals surface area (Å²) >= 11 is 0. The fourth-order valence-corrected chi connectivity index (χ4v) is 6.77. The molecule has 268 valence electrons. The maximum absolute atomic E-state index is 14.3. The van der Waals surface area contributed by atoms with E-state index >= 15 is 0 Å². The number of halogens is 2. The van der Waals surface area contributed by atoms with E-state index < -0.39 is 36.0 Å². The fourth-order valence-electron chi connectivity index (χ4n) is 6.77. The SMILES string of the molecule is CCn1c(=O)c(-c2cnccc2CCn2c(=O)c(-c3cnccc3C)cc3cnc(NC(=O)C4CC4F)cc32)cc2cnc(NC(=O)[C@H]3C[C@H]3F)cc21. The third kappa shape index (κ3) is 6.45. The minimum Gasteiger partial charge on any atom is -0.310 e. The van der Waals surface area contributed by atoms with E-state index in [0.717, 1.165) is 11.1 Å². The molecule has 6 aromatic heterocycles. The van der Waals surface area contributed by atoms with Gasteiger partial charge in [0.25, 0.3) is 11.1 Å². The van der Waals surface area contributed by atoms with Crippen molar-refractivity contribution >= 4 is 45.3 Å². The molecular weight excluding hydrogens is 682 g/mol. The topological polar surface area (TPSA) is 154 Å². The summed E-state index contributed by atoms with van der Waals surface area (Å²) in [5.41, 5.74) is 4.21. The van der Waals surface area contributed by atoms with E-state index in [-0.39, 0.29) is 42.1 Å². The summed E-state index contributed by atoms with van der Waals surface area (Å²) in [6.45, 7) is 4.25. The predicted molar refractivity (Wildman–Crippen MR) is 196 cm³/mol. The zero-order chi connectivity index (χ0) is 37.0. The number of carbonyl (C=O) groups excluding carboxylic acids is 2. The summed E-state index contributed by atoms with van der Waals surface area (Å²) in [6, 6.07) is 10.3. The molecule has 0 spiro atoms. The lowest BCUT2D eigenvalue weighted by atomic mass is 9.99. The van der Waals surface area contributed by atoms with Gasteiger partial charge in [0.15, 0.2) is 0 Å². The fraction of sp³-hybridized carbons (Fsp3) is 0.282. The van der Waals surface area contributed by atoms with Crippen LogP contribution >= 0.6 is 0 Å². The van der Waals surface area contributed by atoms with E-state index in [1.165, 1.54) is 0 Å². The number of alkyl halides is 2. The minimum atomic E-state index is -1.17. The van der Waals surface area contributed by atoms with Gasteiger partial charge in [-0.3, -0.25) is 29.1 Å². The molecule has 0 bridgehead atoms. The van der Waals surface area contributed by atoms with Crippen LogP contribution < -0.4 is 21.8 Å². The van der Waals surface area contributed by atoms with Gasteiger partial charge in [-0.05, 0) is 68.5 Å². The Morgan fingerprint density at radius 1 is 0.736 bits per heavy atom. The van der Waals surface area contributed by atoms with Crippen molar-refractivity contribution in [2.24, 2.45) is 11.8 Å². The Morgan fingerprint density at radius 3 is 1.79 bits per heavy atom. The Labute approximate surface area is 301 Å². The molecule has 6 aromatic rings. The predicted octanol–water partition coefficient (Wildman–Crippen LogP) is 5.39. The third-order valence-electron chi connectivity index (χ3n) is 10.0. The van der Waals surface area contributed by atoms with Crippen molar-refractivity contribution < 1.29 is 18.4 Å². The number of aromatic nitrogens is 6. The van der Waals surface area contributed by atoms with E-state index in [1.807, 2.05) is 19.9 Å². The number of hydrogen-bond donors (Lipinski definition) is 2. The first-order valence-corrected chi connectivity index (χ1v) is 17.4. The highest BCUT2D eigenvalue weighted by atomic mass is 19.1. The highest BCUT2D eigenvalue weighted by Crippen LogP contribution is 2.36. The summed E-state index contributed by atoms with van der Waals surface area (Å²) in [5, 5.41) is 6.64. The Morgan fingerprint density at radius 2 is 1.25 bits per heavy atom. The summed E-state index contributed by atoms with van der Waals surface area (Å²) in [5.74, 6) is -1.85. The first kappa shape index (κ1) is 33.9. The zero-order valence-electron chi connectivity index (χ0n) is 28.8. The van der Waals surface area contributed by atoms with Gasteiger partial charge in [0.05, 0.1) is 22.9 Å². The van der Waals surface area contributed by atoms with Gasteiger partial charge in [0, 0.05) is 95.4 Å². The van der Waals surface area contributed by atoms with Gasteiger partial charge in [0.2, 0.25) is 11.8 Å². The molecule has 0 aromatic carbocycles. The second-order valence-corrected chi connectivity index (χ2v) is 13.5. The van der Waals surface area contributed by atoms with E-state index in [2.05, 4.69) is 30.6 Å². The first-order valence-electron chi connectivity index (χ1n) is 17.4. The molecule has 0 aliphatic heterocycles. The van der Waals surface area contributed by atoms with Crippen molar-refractivity contribution in [1.82, 2.24) is 29.1 Å². The second-order valence-electron chi connectivity index (χ2n) is 13.5. The van der Waals surface area contributed by atoms with Crippen LogP contribution in [-0.2, 0) is 29.1 Å². The van der Waals surface area contributed by atoms with Crippen LogP contribution in [0.25, 0.3) is 44.1 Å². The van der Waals surface area contributed by atoms with Crippen LogP contribution in [0.3, 0.4) is 0 Å². The Bertz CT molecular complexity index is 2590. The largest absolute Gasteiger partial charge is 0.310 e. The third-order valence-corrected chi connectivity index (χ3v) is 10.0. The van der Waals surface area contributed by atoms with Crippen molar-refractivity contribution in [1.29, 1.82) is 0 Å². The van der Waals surface area contributed by atoms with Crippen LogP contribution in [0.1, 0.15) is 30.9 Å². The molecule has 2 amide bonds. The summed E-state index contributed by atoms with van der Waals surface area (Å²) in [4.78, 5) is 70.6. The van der Waals surface area contributed by atoms with Crippen LogP contribution in [0.15, 0.2) is 83.2 Å². The number of carbonyl (C=O) groups is 2. The van der Waals surface area contributed by atoms with Gasteiger partial charge < -0.3 is 19.8 Å². The average Bonchev–Trinajstić information content (AvgIpc) is 4.08. The lowest BCUT2D eigenvalue weighted by molar-refractivity contribution is -0.118. The number of pyridine rings is 6. The van der Waals surface area contributed by atoms with Gasteiger partial charge in [-0.1, -0.05) is 0 Å². The van der Waals surface area contributed by atoms with Gasteiger partial charge in [0.1, 0.15) is 24.0 Å². The van der Waals surface area contributed by atoms with Gasteiger partial charge >= 0.3 is 0 Å². The first-order chi connectivity index (χ1) is 25.6. The normalized spacial score (nSPS) is 18.9. The van der Waals surface area contributed by atoms with Gasteiger partial charge in [-0.15, -0.1) is 0 Å². The molecule has 14 heteroatoms. The monoisotopic (exact) mass is 716 g/mol. The maximum Gasteiger partial charge on any atom is 0.259 e. The number of nitrogens with zero attached hydrogens (tertiary/aromatic N) is 6. The van der Waals surface area contributed by atoms with Crippen LogP contribution in [0.2, 0.25) is 0 Å². The summed E-state index contributed by atoms with van der Waals surface area (Å²) in [7, 11) is 0. The van der Waals surface area contributed by atoms with E-state index in [0.29, 0.717) is 57.0 Å². The molecule has 2 fully saturated rings. The van der Waals surface area contributed by atoms with Crippen LogP contribution in [-0.4, -0.2) is 53.2 Å². The number of anilines is 2. The quantitative estimate of drug-likeness (QED) is 0.191. The average molecular weight is 717 g/mol. The Balaban J connectivity index is 1.17. The van der Waals surface area contributed by atoms with Crippen LogP contribution in [0.5, 0.6) is 0 Å². The van der Waals surface area contributed by atoms with Crippen molar-refractivity contribution in [3.63, 3.8) is 0 Å². The molecule has 53 heavy (non-hydrogen) atoms. The standard InChI is InChI=1S/C39H34F2N8O4/c1-3-48-32-14-34(46-36(50)26-12-30(26)40)44-16-22(32)11-25(38(48)52)29-19-43-8-5-21(29)6-9-49-33-15-35(47-37(51)27-13-31(27)41)45-17-23(33)10-24(39(49)53)28-18-42-7-4-20(28)2/h4-5,7-8,10-11,14-19,26-27,30-31H,3,6,9,12-13H2,1-2H3,(H,44,46,50)(H,45,47,51)/t26-,27?,30+,31?/m0/s1. The molecule has 6 heterocycles. The lowest BCUT2D eigenvalue weighted by Crippen LogP contribution is -2.25. The summed E-state index contributed by atoms with van der Waals surface area (Å²) in [6.07, 6.45) is 8.05. The molecule has 2 aliphatic rings. The molecule has 4 atom stereocenters. The highest BCUT2D eigenvalue weighted by molar-refractivity contribution is 5.97. The van der Waals surface area contributed by atoms with Crippen molar-refractivity contribution in [2.45, 2.75) is 58.5 Å². The Kier molecular flexibility index (Phi) is 8.59. The van der Waals surface area contributed by atoms with Gasteiger partial charge in [-0.25, -0.2) is 18.7 Å². The van der Waals surface area contributed by atoms with Crippen molar-refractivity contribution in [2.75, 3.05) is 10.6 Å². The van der Waals surface area contributed by atoms with Crippen molar-refractivity contribution in [3.05, 3.63) is 105 Å². The van der Waals surface area contributed by atoms with E-state index in [4.69, 9.17) is 0 Å². The molecule has 0 radical (unpaired) electrons. The smallest absolute Gasteiger partial charge is 0.259 e. The number of fused-ring (bicyclic) bond motifs is 2. The molecule has 2 saturated carbocycles. The minimum absolute atomic E-state index is 0.171. The molecule has 12 nitrogen and oxygen atoms in total. The molecule has 0 saturated heterocycles. The number of amides is 2. The molecule has 8 rings (SSSR count). The maximum atomic E-state index is 14.3. The van der Waals surface area contributed by atoms with E-state index in [1.54, 1.807) is 76.6 Å². The molecule has 2 unspecified atom stereocenters. The highest BCUT2D eigenvalue weighted by Gasteiger charge is 2.44. The number of rotatable bonds is 10.